The Morgan fingerprint density at radius 1 is 1.00 bits per heavy atom. The highest BCUT2D eigenvalue weighted by molar-refractivity contribution is 6.30. The fourth-order valence-electron chi connectivity index (χ4n) is 2.15. The number of halogens is 1. The Kier molecular flexibility index (Phi) is 7.29. The topological polar surface area (TPSA) is 64.6 Å². The van der Waals surface area contributed by atoms with Crippen LogP contribution in [0.15, 0.2) is 24.3 Å². The van der Waals surface area contributed by atoms with Crippen molar-refractivity contribution in [3.63, 3.8) is 0 Å². The Hall–Kier alpha value is -1.75. The van der Waals surface area contributed by atoms with E-state index in [2.05, 4.69) is 5.32 Å². The number of alkyl carbamates (subject to hydrolysis) is 1. The second-order valence-electron chi connectivity index (χ2n) is 7.92. The smallest absolute Gasteiger partial charge is 0.407 e. The summed E-state index contributed by atoms with van der Waals surface area (Å²) in [6.07, 6.45) is -0.370. The Morgan fingerprint density at radius 2 is 1.52 bits per heavy atom. The van der Waals surface area contributed by atoms with Crippen molar-refractivity contribution >= 4 is 23.7 Å². The molecule has 0 aromatic heterocycles. The second-order valence-corrected chi connectivity index (χ2v) is 8.36. The van der Waals surface area contributed by atoms with Gasteiger partial charge in [-0.05, 0) is 59.2 Å². The zero-order valence-corrected chi connectivity index (χ0v) is 16.6. The van der Waals surface area contributed by atoms with E-state index in [0.717, 1.165) is 5.56 Å². The Labute approximate surface area is 155 Å². The third kappa shape index (κ3) is 9.34. The summed E-state index contributed by atoms with van der Waals surface area (Å²) in [5.41, 5.74) is -0.239. The van der Waals surface area contributed by atoms with Crippen LogP contribution in [0.5, 0.6) is 0 Å². The van der Waals surface area contributed by atoms with Crippen LogP contribution in [0.1, 0.15) is 59.4 Å². The van der Waals surface area contributed by atoms with Gasteiger partial charge in [0.15, 0.2) is 0 Å². The summed E-state index contributed by atoms with van der Waals surface area (Å²) in [5, 5.41) is 3.33. The summed E-state index contributed by atoms with van der Waals surface area (Å²) in [5.74, 6) is -0.557. The lowest BCUT2D eigenvalue weighted by atomic mass is 9.95. The molecule has 140 valence electrons. The largest absolute Gasteiger partial charge is 0.460 e. The molecule has 0 bridgehead atoms. The van der Waals surface area contributed by atoms with Crippen molar-refractivity contribution in [2.75, 3.05) is 6.54 Å². The van der Waals surface area contributed by atoms with E-state index in [-0.39, 0.29) is 24.9 Å². The van der Waals surface area contributed by atoms with Crippen LogP contribution in [-0.4, -0.2) is 29.8 Å². The molecule has 0 aliphatic rings. The van der Waals surface area contributed by atoms with E-state index in [0.29, 0.717) is 5.02 Å². The van der Waals surface area contributed by atoms with Crippen molar-refractivity contribution in [1.82, 2.24) is 5.32 Å². The van der Waals surface area contributed by atoms with Gasteiger partial charge in [-0.1, -0.05) is 23.7 Å². The van der Waals surface area contributed by atoms with Crippen LogP contribution in [0, 0.1) is 0 Å². The number of esters is 1. The molecule has 5 nitrogen and oxygen atoms in total. The molecule has 1 unspecified atom stereocenters. The fourth-order valence-corrected chi connectivity index (χ4v) is 2.27. The van der Waals surface area contributed by atoms with Gasteiger partial charge in [0.05, 0.1) is 6.42 Å². The molecule has 0 saturated carbocycles. The van der Waals surface area contributed by atoms with Gasteiger partial charge in [-0.15, -0.1) is 0 Å². The molecule has 1 aromatic carbocycles. The van der Waals surface area contributed by atoms with Gasteiger partial charge in [0.1, 0.15) is 11.2 Å². The van der Waals surface area contributed by atoms with Crippen molar-refractivity contribution in [2.24, 2.45) is 0 Å². The van der Waals surface area contributed by atoms with Crippen LogP contribution in [0.4, 0.5) is 4.79 Å². The number of carbonyl (C=O) groups is 2. The van der Waals surface area contributed by atoms with Crippen molar-refractivity contribution in [3.8, 4) is 0 Å². The first kappa shape index (κ1) is 21.3. The summed E-state index contributed by atoms with van der Waals surface area (Å²) in [6, 6.07) is 7.20. The lowest BCUT2D eigenvalue weighted by molar-refractivity contribution is -0.155. The van der Waals surface area contributed by atoms with Crippen LogP contribution in [0.3, 0.4) is 0 Å². The van der Waals surface area contributed by atoms with Gasteiger partial charge < -0.3 is 14.8 Å². The molecule has 0 fully saturated rings. The predicted octanol–water partition coefficient (Wildman–Crippen LogP) is 4.68. The van der Waals surface area contributed by atoms with Crippen LogP contribution in [-0.2, 0) is 14.3 Å². The molecular formula is C19H28ClNO4. The Bertz CT molecular complexity index is 585. The summed E-state index contributed by atoms with van der Waals surface area (Å²) in [7, 11) is 0. The first-order valence-electron chi connectivity index (χ1n) is 8.30. The molecule has 0 radical (unpaired) electrons. The molecule has 1 rings (SSSR count). The molecule has 6 heteroatoms. The van der Waals surface area contributed by atoms with E-state index in [1.807, 2.05) is 32.9 Å². The van der Waals surface area contributed by atoms with Crippen LogP contribution in [0.25, 0.3) is 0 Å². The van der Waals surface area contributed by atoms with Crippen LogP contribution >= 0.6 is 11.6 Å². The highest BCUT2D eigenvalue weighted by atomic mass is 35.5. The standard InChI is InChI=1S/C19H28ClNO4/c1-18(2,3)24-16(22)11-14(13-7-9-15(20)10-8-13)12-21-17(23)25-19(4,5)6/h7-10,14H,11-12H2,1-6H3,(H,21,23). The van der Waals surface area contributed by atoms with Crippen molar-refractivity contribution < 1.29 is 19.1 Å². The summed E-state index contributed by atoms with van der Waals surface area (Å²) < 4.78 is 10.6. The Balaban J connectivity index is 2.79. The molecule has 25 heavy (non-hydrogen) atoms. The first-order valence-corrected chi connectivity index (χ1v) is 8.68. The number of rotatable bonds is 5. The van der Waals surface area contributed by atoms with E-state index in [1.54, 1.807) is 32.9 Å². The van der Waals surface area contributed by atoms with Gasteiger partial charge in [0.25, 0.3) is 0 Å². The van der Waals surface area contributed by atoms with Gasteiger partial charge in [-0.25, -0.2) is 4.79 Å². The summed E-state index contributed by atoms with van der Waals surface area (Å²) in [4.78, 5) is 24.1. The van der Waals surface area contributed by atoms with Gasteiger partial charge in [0, 0.05) is 17.5 Å². The number of amides is 1. The van der Waals surface area contributed by atoms with Crippen molar-refractivity contribution in [3.05, 3.63) is 34.9 Å². The third-order valence-electron chi connectivity index (χ3n) is 3.07. The monoisotopic (exact) mass is 369 g/mol. The van der Waals surface area contributed by atoms with Gasteiger partial charge in [0.2, 0.25) is 0 Å². The molecule has 1 N–H and O–H groups in total. The minimum atomic E-state index is -0.578. The van der Waals surface area contributed by atoms with Crippen LogP contribution in [0.2, 0.25) is 5.02 Å². The predicted molar refractivity (Wildman–Crippen MR) is 98.9 cm³/mol. The molecule has 1 amide bonds. The van der Waals surface area contributed by atoms with Crippen molar-refractivity contribution in [1.29, 1.82) is 0 Å². The molecule has 0 aliphatic carbocycles. The normalized spacial score (nSPS) is 13.1. The number of carbonyl (C=O) groups excluding carboxylic acids is 2. The quantitative estimate of drug-likeness (QED) is 0.765. The highest BCUT2D eigenvalue weighted by Gasteiger charge is 2.23. The van der Waals surface area contributed by atoms with E-state index < -0.39 is 17.3 Å². The van der Waals surface area contributed by atoms with Crippen LogP contribution < -0.4 is 5.32 Å². The zero-order valence-electron chi connectivity index (χ0n) is 15.8. The average molecular weight is 370 g/mol. The van der Waals surface area contributed by atoms with E-state index in [9.17, 15) is 9.59 Å². The van der Waals surface area contributed by atoms with E-state index in [1.165, 1.54) is 0 Å². The van der Waals surface area contributed by atoms with Crippen molar-refractivity contribution in [2.45, 2.75) is 65.1 Å². The van der Waals surface area contributed by atoms with E-state index >= 15 is 0 Å². The summed E-state index contributed by atoms with van der Waals surface area (Å²) >= 11 is 5.93. The molecule has 0 heterocycles. The molecule has 1 atom stereocenters. The lowest BCUT2D eigenvalue weighted by Gasteiger charge is -2.24. The molecule has 1 aromatic rings. The minimum absolute atomic E-state index is 0.148. The first-order chi connectivity index (χ1) is 11.4. The van der Waals surface area contributed by atoms with Gasteiger partial charge in [-0.2, -0.15) is 0 Å². The maximum Gasteiger partial charge on any atom is 0.407 e. The number of nitrogens with one attached hydrogen (secondary N) is 1. The molecule has 0 saturated heterocycles. The number of hydrogen-bond acceptors (Lipinski definition) is 4. The number of benzene rings is 1. The lowest BCUT2D eigenvalue weighted by Crippen LogP contribution is -2.35. The molecule has 0 spiro atoms. The molecule has 0 aliphatic heterocycles. The number of hydrogen-bond donors (Lipinski definition) is 1. The van der Waals surface area contributed by atoms with Gasteiger partial charge >= 0.3 is 12.1 Å². The second kappa shape index (κ2) is 8.56. The third-order valence-corrected chi connectivity index (χ3v) is 3.32. The maximum atomic E-state index is 12.2. The Morgan fingerprint density at radius 3 is 2.00 bits per heavy atom. The molecular weight excluding hydrogens is 342 g/mol. The SMILES string of the molecule is CC(C)(C)OC(=O)CC(CNC(=O)OC(C)(C)C)c1ccc(Cl)cc1. The van der Waals surface area contributed by atoms with E-state index in [4.69, 9.17) is 21.1 Å². The van der Waals surface area contributed by atoms with Gasteiger partial charge in [-0.3, -0.25) is 4.79 Å². The minimum Gasteiger partial charge on any atom is -0.460 e. The maximum absolute atomic E-state index is 12.2. The average Bonchev–Trinajstić information content (AvgIpc) is 2.40. The highest BCUT2D eigenvalue weighted by Crippen LogP contribution is 2.23. The summed E-state index contributed by atoms with van der Waals surface area (Å²) in [6.45, 7) is 11.1. The number of ether oxygens (including phenoxy) is 2. The fraction of sp³-hybridized carbons (Fsp3) is 0.579. The zero-order chi connectivity index (χ0) is 19.3.